The first-order chi connectivity index (χ1) is 8.65. The van der Waals surface area contributed by atoms with Gasteiger partial charge in [0.2, 0.25) is 5.91 Å². The summed E-state index contributed by atoms with van der Waals surface area (Å²) in [7, 11) is 0. The monoisotopic (exact) mass is 252 g/mol. The molecule has 2 N–H and O–H groups in total. The average Bonchev–Trinajstić information content (AvgIpc) is 2.36. The van der Waals surface area contributed by atoms with Gasteiger partial charge in [-0.2, -0.15) is 0 Å². The van der Waals surface area contributed by atoms with Crippen molar-refractivity contribution in [3.8, 4) is 0 Å². The molecule has 0 aromatic rings. The molecule has 3 atom stereocenters. The van der Waals surface area contributed by atoms with Crippen LogP contribution in [-0.2, 0) is 4.79 Å². The Morgan fingerprint density at radius 3 is 2.61 bits per heavy atom. The van der Waals surface area contributed by atoms with Gasteiger partial charge in [-0.15, -0.1) is 0 Å². The summed E-state index contributed by atoms with van der Waals surface area (Å²) in [6, 6.07) is 0.891. The van der Waals surface area contributed by atoms with Crippen molar-refractivity contribution in [3.05, 3.63) is 0 Å². The number of piperazine rings is 1. The lowest BCUT2D eigenvalue weighted by Crippen LogP contribution is -2.70. The van der Waals surface area contributed by atoms with Crippen LogP contribution in [0.5, 0.6) is 0 Å². The Bertz CT molecular complexity index is 292. The van der Waals surface area contributed by atoms with E-state index in [1.807, 2.05) is 0 Å². The number of nitrogens with one attached hydrogen (secondary N) is 2. The molecule has 18 heavy (non-hydrogen) atoms. The molecule has 1 amide bonds. The van der Waals surface area contributed by atoms with Gasteiger partial charge in [-0.1, -0.05) is 45.4 Å². The predicted octanol–water partition coefficient (Wildman–Crippen LogP) is 2.75. The highest BCUT2D eigenvalue weighted by Crippen LogP contribution is 2.27. The lowest BCUT2D eigenvalue weighted by atomic mass is 9.82. The van der Waals surface area contributed by atoms with E-state index in [1.165, 1.54) is 38.5 Å². The lowest BCUT2D eigenvalue weighted by molar-refractivity contribution is -0.132. The summed E-state index contributed by atoms with van der Waals surface area (Å²) in [5.74, 6) is 0.224. The van der Waals surface area contributed by atoms with Crippen molar-refractivity contribution in [3.63, 3.8) is 0 Å². The summed E-state index contributed by atoms with van der Waals surface area (Å²) in [6.07, 6.45) is 10.8. The molecule has 3 heteroatoms. The van der Waals surface area contributed by atoms with E-state index in [9.17, 15) is 4.79 Å². The average molecular weight is 252 g/mol. The van der Waals surface area contributed by atoms with Gasteiger partial charge in [0.1, 0.15) is 0 Å². The normalized spacial score (nSPS) is 36.0. The van der Waals surface area contributed by atoms with E-state index < -0.39 is 0 Å². The summed E-state index contributed by atoms with van der Waals surface area (Å²) in [6.45, 7) is 4.30. The van der Waals surface area contributed by atoms with Crippen LogP contribution >= 0.6 is 0 Å². The lowest BCUT2D eigenvalue weighted by Gasteiger charge is -2.46. The predicted molar refractivity (Wildman–Crippen MR) is 74.5 cm³/mol. The Labute approximate surface area is 111 Å². The Hall–Kier alpha value is -0.570. The van der Waals surface area contributed by atoms with Crippen molar-refractivity contribution in [2.75, 3.05) is 0 Å². The van der Waals surface area contributed by atoms with E-state index in [1.54, 1.807) is 0 Å². The van der Waals surface area contributed by atoms with Gasteiger partial charge >= 0.3 is 0 Å². The zero-order valence-corrected chi connectivity index (χ0v) is 11.9. The minimum absolute atomic E-state index is 0.224. The molecule has 0 aromatic carbocycles. The van der Waals surface area contributed by atoms with Crippen LogP contribution < -0.4 is 10.6 Å². The fourth-order valence-electron chi connectivity index (χ4n) is 3.37. The van der Waals surface area contributed by atoms with E-state index in [2.05, 4.69) is 24.5 Å². The SMILES string of the molecule is CCCCCCC1(C)N[C@H]2CCCC[C@H]2NC1=O. The minimum Gasteiger partial charge on any atom is -0.350 e. The third-order valence-electron chi connectivity index (χ3n) is 4.62. The number of fused-ring (bicyclic) bond motifs is 1. The van der Waals surface area contributed by atoms with Gasteiger partial charge in [0.25, 0.3) is 0 Å². The molecule has 2 aliphatic rings. The van der Waals surface area contributed by atoms with Crippen LogP contribution in [-0.4, -0.2) is 23.5 Å². The first kappa shape index (κ1) is 13.9. The van der Waals surface area contributed by atoms with Gasteiger partial charge in [0.05, 0.1) is 5.54 Å². The minimum atomic E-state index is -0.327. The molecule has 0 spiro atoms. The van der Waals surface area contributed by atoms with Crippen molar-refractivity contribution >= 4 is 5.91 Å². The third kappa shape index (κ3) is 3.05. The van der Waals surface area contributed by atoms with Crippen LogP contribution in [0.3, 0.4) is 0 Å². The van der Waals surface area contributed by atoms with E-state index >= 15 is 0 Å². The zero-order chi connectivity index (χ0) is 13.0. The molecule has 0 radical (unpaired) electrons. The number of unbranched alkanes of at least 4 members (excludes halogenated alkanes) is 3. The fraction of sp³-hybridized carbons (Fsp3) is 0.933. The summed E-state index contributed by atoms with van der Waals surface area (Å²) in [5.41, 5.74) is -0.327. The molecule has 0 bridgehead atoms. The Kier molecular flexibility index (Phi) is 4.66. The van der Waals surface area contributed by atoms with Crippen LogP contribution in [0, 0.1) is 0 Å². The molecule has 104 valence electrons. The smallest absolute Gasteiger partial charge is 0.240 e. The van der Waals surface area contributed by atoms with Gasteiger partial charge < -0.3 is 5.32 Å². The largest absolute Gasteiger partial charge is 0.350 e. The van der Waals surface area contributed by atoms with Gasteiger partial charge in [-0.25, -0.2) is 0 Å². The number of rotatable bonds is 5. The quantitative estimate of drug-likeness (QED) is 0.739. The van der Waals surface area contributed by atoms with Crippen molar-refractivity contribution in [2.45, 2.75) is 89.3 Å². The molecule has 1 heterocycles. The molecule has 1 aliphatic heterocycles. The van der Waals surface area contributed by atoms with Crippen LogP contribution in [0.15, 0.2) is 0 Å². The number of hydrogen-bond donors (Lipinski definition) is 2. The van der Waals surface area contributed by atoms with Crippen LogP contribution in [0.25, 0.3) is 0 Å². The Morgan fingerprint density at radius 1 is 1.17 bits per heavy atom. The van der Waals surface area contributed by atoms with Gasteiger partial charge in [-0.05, 0) is 26.2 Å². The van der Waals surface area contributed by atoms with Crippen molar-refractivity contribution in [1.82, 2.24) is 10.6 Å². The Balaban J connectivity index is 1.88. The van der Waals surface area contributed by atoms with Crippen molar-refractivity contribution in [2.24, 2.45) is 0 Å². The van der Waals surface area contributed by atoms with Crippen LogP contribution in [0.1, 0.15) is 71.6 Å². The maximum Gasteiger partial charge on any atom is 0.240 e. The first-order valence-corrected chi connectivity index (χ1v) is 7.74. The van der Waals surface area contributed by atoms with Crippen LogP contribution in [0.4, 0.5) is 0 Å². The summed E-state index contributed by atoms with van der Waals surface area (Å²) in [4.78, 5) is 12.3. The van der Waals surface area contributed by atoms with E-state index in [4.69, 9.17) is 0 Å². The van der Waals surface area contributed by atoms with E-state index in [-0.39, 0.29) is 11.4 Å². The summed E-state index contributed by atoms with van der Waals surface area (Å²) >= 11 is 0. The number of amides is 1. The van der Waals surface area contributed by atoms with Gasteiger partial charge in [0, 0.05) is 12.1 Å². The summed E-state index contributed by atoms with van der Waals surface area (Å²) < 4.78 is 0. The molecule has 1 saturated carbocycles. The topological polar surface area (TPSA) is 41.1 Å². The molecule has 2 fully saturated rings. The van der Waals surface area contributed by atoms with Crippen molar-refractivity contribution < 1.29 is 4.79 Å². The molecule has 1 unspecified atom stereocenters. The second-order valence-electron chi connectivity index (χ2n) is 6.26. The fourth-order valence-corrected chi connectivity index (χ4v) is 3.37. The maximum atomic E-state index is 12.3. The highest BCUT2D eigenvalue weighted by Gasteiger charge is 2.43. The molecule has 1 saturated heterocycles. The highest BCUT2D eigenvalue weighted by atomic mass is 16.2. The molecular formula is C15H28N2O. The first-order valence-electron chi connectivity index (χ1n) is 7.74. The zero-order valence-electron chi connectivity index (χ0n) is 11.9. The second kappa shape index (κ2) is 6.05. The number of hydrogen-bond acceptors (Lipinski definition) is 2. The van der Waals surface area contributed by atoms with Gasteiger partial charge in [0.15, 0.2) is 0 Å². The second-order valence-corrected chi connectivity index (χ2v) is 6.26. The molecule has 0 aromatic heterocycles. The maximum absolute atomic E-state index is 12.3. The Morgan fingerprint density at radius 2 is 1.89 bits per heavy atom. The number of carbonyl (C=O) groups excluding carboxylic acids is 1. The van der Waals surface area contributed by atoms with Gasteiger partial charge in [-0.3, -0.25) is 10.1 Å². The van der Waals surface area contributed by atoms with Crippen molar-refractivity contribution in [1.29, 1.82) is 0 Å². The molecule has 3 nitrogen and oxygen atoms in total. The van der Waals surface area contributed by atoms with E-state index in [0.29, 0.717) is 12.1 Å². The third-order valence-corrected chi connectivity index (χ3v) is 4.62. The summed E-state index contributed by atoms with van der Waals surface area (Å²) in [5, 5.41) is 6.89. The molecule has 1 aliphatic carbocycles. The highest BCUT2D eigenvalue weighted by molar-refractivity contribution is 5.87. The molecule has 2 rings (SSSR count). The number of carbonyl (C=O) groups is 1. The van der Waals surface area contributed by atoms with Crippen LogP contribution in [0.2, 0.25) is 0 Å². The molecular weight excluding hydrogens is 224 g/mol. The van der Waals surface area contributed by atoms with E-state index in [0.717, 1.165) is 19.3 Å². The standard InChI is InChI=1S/C15H28N2O/c1-3-4-5-8-11-15(2)14(18)16-12-9-6-7-10-13(12)17-15/h12-13,17H,3-11H2,1-2H3,(H,16,18)/t12-,13+,15?/m1/s1.